The van der Waals surface area contributed by atoms with E-state index in [4.69, 9.17) is 0 Å². The van der Waals surface area contributed by atoms with Crippen LogP contribution in [0.3, 0.4) is 0 Å². The second kappa shape index (κ2) is 7.04. The molecule has 5 heterocycles. The number of nitrogens with one attached hydrogen (secondary N) is 1. The number of fused-ring (bicyclic) bond motifs is 2. The van der Waals surface area contributed by atoms with Gasteiger partial charge in [-0.25, -0.2) is 4.98 Å². The number of aryl methyl sites for hydroxylation is 1. The topological polar surface area (TPSA) is 88.8 Å². The van der Waals surface area contributed by atoms with Crippen LogP contribution in [0, 0.1) is 0 Å². The molecule has 2 aliphatic heterocycles. The van der Waals surface area contributed by atoms with E-state index in [-0.39, 0.29) is 5.91 Å². The van der Waals surface area contributed by atoms with Gasteiger partial charge in [0.25, 0.3) is 5.91 Å². The standard InChI is InChI=1S/C21H23N7O/c1-13-6-7-19-25-26-20(28(13)19)16-4-3-5-18(23-16)24-21(29)17-10-15-12-27(2)9-8-14(15)11-22-17/h3-5,10-11,13H,6-9,12H2,1-2H3,(H,23,24,29)/t13-/m0/s1. The highest BCUT2D eigenvalue weighted by atomic mass is 16.1. The number of likely N-dealkylation sites (N-methyl/N-ethyl adjacent to an activating group) is 1. The minimum atomic E-state index is -0.259. The first-order chi connectivity index (χ1) is 14.1. The first-order valence-electron chi connectivity index (χ1n) is 9.97. The number of nitrogens with zero attached hydrogens (tertiary/aromatic N) is 6. The number of rotatable bonds is 3. The van der Waals surface area contributed by atoms with Gasteiger partial charge in [-0.3, -0.25) is 9.78 Å². The van der Waals surface area contributed by atoms with Crippen molar-refractivity contribution in [2.24, 2.45) is 0 Å². The lowest BCUT2D eigenvalue weighted by Crippen LogP contribution is -2.27. The molecule has 5 rings (SSSR count). The summed E-state index contributed by atoms with van der Waals surface area (Å²) in [6, 6.07) is 7.78. The van der Waals surface area contributed by atoms with Gasteiger partial charge in [0.05, 0.1) is 0 Å². The van der Waals surface area contributed by atoms with Gasteiger partial charge in [-0.15, -0.1) is 10.2 Å². The Labute approximate surface area is 169 Å². The third kappa shape index (κ3) is 3.29. The summed E-state index contributed by atoms with van der Waals surface area (Å²) in [6.45, 7) is 4.01. The molecule has 29 heavy (non-hydrogen) atoms. The van der Waals surface area contributed by atoms with Crippen LogP contribution in [0.4, 0.5) is 5.82 Å². The molecule has 0 spiro atoms. The maximum Gasteiger partial charge on any atom is 0.275 e. The molecule has 0 fully saturated rings. The van der Waals surface area contributed by atoms with Crippen molar-refractivity contribution in [1.82, 2.24) is 29.6 Å². The average Bonchev–Trinajstić information content (AvgIpc) is 3.31. The fourth-order valence-electron chi connectivity index (χ4n) is 4.11. The highest BCUT2D eigenvalue weighted by Gasteiger charge is 2.25. The summed E-state index contributed by atoms with van der Waals surface area (Å²) in [5, 5.41) is 11.5. The number of carbonyl (C=O) groups is 1. The summed E-state index contributed by atoms with van der Waals surface area (Å²) >= 11 is 0. The number of anilines is 1. The van der Waals surface area contributed by atoms with Gasteiger partial charge in [-0.05, 0) is 56.1 Å². The molecule has 0 radical (unpaired) electrons. The zero-order valence-corrected chi connectivity index (χ0v) is 16.6. The third-order valence-corrected chi connectivity index (χ3v) is 5.73. The molecule has 8 nitrogen and oxygen atoms in total. The lowest BCUT2D eigenvalue weighted by atomic mass is 10.0. The molecule has 1 atom stereocenters. The molecule has 0 aliphatic carbocycles. The maximum atomic E-state index is 12.8. The molecule has 1 amide bonds. The van der Waals surface area contributed by atoms with Crippen LogP contribution in [0.15, 0.2) is 30.5 Å². The van der Waals surface area contributed by atoms with Crippen LogP contribution in [-0.4, -0.2) is 49.1 Å². The quantitative estimate of drug-likeness (QED) is 0.740. The summed E-state index contributed by atoms with van der Waals surface area (Å²) in [5.74, 6) is 1.96. The lowest BCUT2D eigenvalue weighted by molar-refractivity contribution is 0.102. The van der Waals surface area contributed by atoms with Crippen LogP contribution in [0.1, 0.15) is 46.8 Å². The molecule has 148 valence electrons. The Morgan fingerprint density at radius 1 is 1.21 bits per heavy atom. The summed E-state index contributed by atoms with van der Waals surface area (Å²) in [4.78, 5) is 24.0. The largest absolute Gasteiger partial charge is 0.307 e. The molecule has 3 aromatic heterocycles. The monoisotopic (exact) mass is 389 g/mol. The number of pyridine rings is 2. The van der Waals surface area contributed by atoms with Crippen LogP contribution in [-0.2, 0) is 19.4 Å². The van der Waals surface area contributed by atoms with Gasteiger partial charge in [0.2, 0.25) is 0 Å². The molecule has 8 heteroatoms. The van der Waals surface area contributed by atoms with Crippen molar-refractivity contribution >= 4 is 11.7 Å². The Balaban J connectivity index is 1.39. The minimum Gasteiger partial charge on any atom is -0.307 e. The van der Waals surface area contributed by atoms with Crippen molar-refractivity contribution in [2.75, 3.05) is 18.9 Å². The van der Waals surface area contributed by atoms with Gasteiger partial charge in [0, 0.05) is 31.7 Å². The number of hydrogen-bond donors (Lipinski definition) is 1. The Hall–Kier alpha value is -3.13. The molecule has 0 unspecified atom stereocenters. The van der Waals surface area contributed by atoms with Crippen LogP contribution < -0.4 is 5.32 Å². The number of amides is 1. The molecule has 1 N–H and O–H groups in total. The van der Waals surface area contributed by atoms with E-state index in [0.29, 0.717) is 23.2 Å². The summed E-state index contributed by atoms with van der Waals surface area (Å²) < 4.78 is 2.13. The summed E-state index contributed by atoms with van der Waals surface area (Å²) in [7, 11) is 2.08. The second-order valence-corrected chi connectivity index (χ2v) is 7.89. The lowest BCUT2D eigenvalue weighted by Gasteiger charge is -2.24. The Morgan fingerprint density at radius 3 is 3.00 bits per heavy atom. The molecular weight excluding hydrogens is 366 g/mol. The van der Waals surface area contributed by atoms with E-state index in [1.807, 2.05) is 24.4 Å². The molecule has 2 aliphatic rings. The highest BCUT2D eigenvalue weighted by Crippen LogP contribution is 2.30. The SMILES string of the molecule is C[C@H]1CCc2nnc(-c3cccc(NC(=O)c4cc5c(cn4)CCN(C)C5)n3)n21. The normalized spacial score (nSPS) is 18.3. The van der Waals surface area contributed by atoms with Crippen molar-refractivity contribution in [1.29, 1.82) is 0 Å². The highest BCUT2D eigenvalue weighted by molar-refractivity contribution is 6.02. The van der Waals surface area contributed by atoms with Gasteiger partial charge >= 0.3 is 0 Å². The van der Waals surface area contributed by atoms with E-state index in [0.717, 1.165) is 49.6 Å². The zero-order valence-electron chi connectivity index (χ0n) is 16.6. The van der Waals surface area contributed by atoms with Crippen LogP contribution >= 0.6 is 0 Å². The number of aromatic nitrogens is 5. The van der Waals surface area contributed by atoms with Gasteiger partial charge in [0.1, 0.15) is 23.0 Å². The zero-order chi connectivity index (χ0) is 20.0. The van der Waals surface area contributed by atoms with Gasteiger partial charge in [0.15, 0.2) is 5.82 Å². The van der Waals surface area contributed by atoms with Crippen molar-refractivity contribution in [3.05, 3.63) is 53.1 Å². The van der Waals surface area contributed by atoms with E-state index in [1.165, 1.54) is 5.56 Å². The number of carbonyl (C=O) groups excluding carboxylic acids is 1. The summed E-state index contributed by atoms with van der Waals surface area (Å²) in [6.07, 6.45) is 4.78. The Kier molecular flexibility index (Phi) is 4.35. The smallest absolute Gasteiger partial charge is 0.275 e. The van der Waals surface area contributed by atoms with E-state index in [9.17, 15) is 4.79 Å². The van der Waals surface area contributed by atoms with E-state index >= 15 is 0 Å². The molecule has 0 saturated carbocycles. The first-order valence-corrected chi connectivity index (χ1v) is 9.97. The van der Waals surface area contributed by atoms with Gasteiger partial charge < -0.3 is 14.8 Å². The van der Waals surface area contributed by atoms with Crippen LogP contribution in [0.5, 0.6) is 0 Å². The second-order valence-electron chi connectivity index (χ2n) is 7.89. The fourth-order valence-corrected chi connectivity index (χ4v) is 4.11. The maximum absolute atomic E-state index is 12.8. The Bertz CT molecular complexity index is 1090. The molecule has 0 bridgehead atoms. The molecule has 0 aromatic carbocycles. The molecule has 0 saturated heterocycles. The minimum absolute atomic E-state index is 0.259. The predicted octanol–water partition coefficient (Wildman–Crippen LogP) is 2.48. The van der Waals surface area contributed by atoms with E-state index in [1.54, 1.807) is 6.07 Å². The van der Waals surface area contributed by atoms with Crippen molar-refractivity contribution < 1.29 is 4.79 Å². The fraction of sp³-hybridized carbons (Fsp3) is 0.381. The van der Waals surface area contributed by atoms with Crippen molar-refractivity contribution in [2.45, 2.75) is 38.8 Å². The first kappa shape index (κ1) is 17.9. The van der Waals surface area contributed by atoms with Crippen molar-refractivity contribution in [3.8, 4) is 11.5 Å². The van der Waals surface area contributed by atoms with Crippen LogP contribution in [0.25, 0.3) is 11.5 Å². The molecule has 3 aromatic rings. The van der Waals surface area contributed by atoms with E-state index < -0.39 is 0 Å². The van der Waals surface area contributed by atoms with E-state index in [2.05, 4.69) is 48.9 Å². The summed E-state index contributed by atoms with van der Waals surface area (Å²) in [5.41, 5.74) is 3.49. The number of hydrogen-bond acceptors (Lipinski definition) is 6. The van der Waals surface area contributed by atoms with Crippen LogP contribution in [0.2, 0.25) is 0 Å². The van der Waals surface area contributed by atoms with Crippen molar-refractivity contribution in [3.63, 3.8) is 0 Å². The predicted molar refractivity (Wildman–Crippen MR) is 109 cm³/mol. The third-order valence-electron chi connectivity index (χ3n) is 5.73. The van der Waals surface area contributed by atoms with Gasteiger partial charge in [-0.1, -0.05) is 6.07 Å². The Morgan fingerprint density at radius 2 is 2.10 bits per heavy atom. The molecular formula is C21H23N7O. The van der Waals surface area contributed by atoms with Gasteiger partial charge in [-0.2, -0.15) is 0 Å². The average molecular weight is 389 g/mol.